The first kappa shape index (κ1) is 16.0. The van der Waals surface area contributed by atoms with Gasteiger partial charge in [0.1, 0.15) is 17.0 Å². The van der Waals surface area contributed by atoms with Crippen LogP contribution < -0.4 is 15.9 Å². The highest BCUT2D eigenvalue weighted by Gasteiger charge is 2.23. The molecule has 130 valence electrons. The molecule has 9 heteroatoms. The Bertz CT molecular complexity index is 974. The van der Waals surface area contributed by atoms with Gasteiger partial charge in [-0.3, -0.25) is 4.57 Å². The SMILES string of the molecule is CCn1c(=O)n(-c2ccnc(Cl)c2)c2ncnc(N3CCNCC3)c21. The molecule has 1 fully saturated rings. The van der Waals surface area contributed by atoms with E-state index < -0.39 is 0 Å². The quantitative estimate of drug-likeness (QED) is 0.704. The van der Waals surface area contributed by atoms with Crippen LogP contribution in [-0.2, 0) is 6.54 Å². The van der Waals surface area contributed by atoms with E-state index in [0.29, 0.717) is 23.0 Å². The first-order valence-electron chi connectivity index (χ1n) is 8.24. The van der Waals surface area contributed by atoms with Crippen LogP contribution in [0.15, 0.2) is 29.5 Å². The Morgan fingerprint density at radius 2 is 2.04 bits per heavy atom. The predicted octanol–water partition coefficient (Wildman–Crippen LogP) is 1.06. The van der Waals surface area contributed by atoms with Crippen molar-refractivity contribution >= 4 is 28.6 Å². The second-order valence-electron chi connectivity index (χ2n) is 5.81. The third kappa shape index (κ3) is 2.67. The second kappa shape index (κ2) is 6.45. The van der Waals surface area contributed by atoms with Gasteiger partial charge in [0, 0.05) is 38.9 Å². The average molecular weight is 360 g/mol. The molecule has 0 saturated carbocycles. The molecule has 1 aliphatic rings. The summed E-state index contributed by atoms with van der Waals surface area (Å²) >= 11 is 6.01. The largest absolute Gasteiger partial charge is 0.352 e. The summed E-state index contributed by atoms with van der Waals surface area (Å²) in [6, 6.07) is 3.41. The first-order valence-corrected chi connectivity index (χ1v) is 8.62. The number of halogens is 1. The predicted molar refractivity (Wildman–Crippen MR) is 96.7 cm³/mol. The van der Waals surface area contributed by atoms with E-state index in [9.17, 15) is 4.79 Å². The van der Waals surface area contributed by atoms with Crippen molar-refractivity contribution in [3.05, 3.63) is 40.3 Å². The van der Waals surface area contributed by atoms with Crippen molar-refractivity contribution < 1.29 is 0 Å². The molecule has 0 radical (unpaired) electrons. The van der Waals surface area contributed by atoms with E-state index in [4.69, 9.17) is 11.6 Å². The highest BCUT2D eigenvalue weighted by atomic mass is 35.5. The van der Waals surface area contributed by atoms with Gasteiger partial charge in [0.2, 0.25) is 0 Å². The molecule has 0 spiro atoms. The molecule has 1 N–H and O–H groups in total. The zero-order valence-corrected chi connectivity index (χ0v) is 14.6. The molecule has 4 heterocycles. The number of hydrogen-bond acceptors (Lipinski definition) is 6. The lowest BCUT2D eigenvalue weighted by atomic mass is 10.3. The fraction of sp³-hybridized carbons (Fsp3) is 0.375. The molecule has 0 aromatic carbocycles. The van der Waals surface area contributed by atoms with Crippen LogP contribution in [0.4, 0.5) is 5.82 Å². The minimum atomic E-state index is -0.156. The van der Waals surface area contributed by atoms with E-state index in [1.165, 1.54) is 6.33 Å². The van der Waals surface area contributed by atoms with Crippen molar-refractivity contribution in [3.8, 4) is 5.69 Å². The Morgan fingerprint density at radius 1 is 1.24 bits per heavy atom. The molecule has 8 nitrogen and oxygen atoms in total. The van der Waals surface area contributed by atoms with Crippen molar-refractivity contribution in [1.82, 2.24) is 29.4 Å². The van der Waals surface area contributed by atoms with Crippen LogP contribution in [0.2, 0.25) is 5.15 Å². The summed E-state index contributed by atoms with van der Waals surface area (Å²) in [5, 5.41) is 3.66. The smallest absolute Gasteiger partial charge is 0.335 e. The molecule has 1 aliphatic heterocycles. The molecule has 0 aliphatic carbocycles. The van der Waals surface area contributed by atoms with Crippen molar-refractivity contribution in [2.24, 2.45) is 0 Å². The van der Waals surface area contributed by atoms with Gasteiger partial charge in [0.05, 0.1) is 5.69 Å². The lowest BCUT2D eigenvalue weighted by Gasteiger charge is -2.28. The molecule has 0 amide bonds. The molecule has 0 bridgehead atoms. The molecular formula is C16H18ClN7O. The summed E-state index contributed by atoms with van der Waals surface area (Å²) in [4.78, 5) is 28.1. The number of imidazole rings is 1. The number of aryl methyl sites for hydroxylation is 1. The minimum Gasteiger partial charge on any atom is -0.352 e. The maximum Gasteiger partial charge on any atom is 0.335 e. The third-order valence-electron chi connectivity index (χ3n) is 4.39. The van der Waals surface area contributed by atoms with Gasteiger partial charge in [0.25, 0.3) is 0 Å². The van der Waals surface area contributed by atoms with Gasteiger partial charge in [-0.25, -0.2) is 24.3 Å². The lowest BCUT2D eigenvalue weighted by molar-refractivity contribution is 0.584. The third-order valence-corrected chi connectivity index (χ3v) is 4.60. The van der Waals surface area contributed by atoms with Gasteiger partial charge in [-0.05, 0) is 19.1 Å². The minimum absolute atomic E-state index is 0.156. The number of pyridine rings is 1. The fourth-order valence-electron chi connectivity index (χ4n) is 3.24. The van der Waals surface area contributed by atoms with Gasteiger partial charge in [-0.2, -0.15) is 0 Å². The van der Waals surface area contributed by atoms with Gasteiger partial charge in [0.15, 0.2) is 11.5 Å². The zero-order valence-electron chi connectivity index (χ0n) is 13.8. The van der Waals surface area contributed by atoms with Crippen molar-refractivity contribution in [3.63, 3.8) is 0 Å². The molecule has 0 unspecified atom stereocenters. The number of piperazine rings is 1. The normalized spacial score (nSPS) is 15.0. The van der Waals surface area contributed by atoms with Crippen LogP contribution in [0.5, 0.6) is 0 Å². The van der Waals surface area contributed by atoms with Crippen molar-refractivity contribution in [1.29, 1.82) is 0 Å². The standard InChI is InChI=1S/C16H18ClN7O/c1-2-23-13-14(22-7-5-18-6-8-22)20-10-21-15(13)24(16(23)25)11-3-4-19-12(17)9-11/h3-4,9-10,18H,2,5-8H2,1H3. The molecule has 1 saturated heterocycles. The number of anilines is 1. The molecule has 25 heavy (non-hydrogen) atoms. The summed E-state index contributed by atoms with van der Waals surface area (Å²) in [5.74, 6) is 0.796. The summed E-state index contributed by atoms with van der Waals surface area (Å²) in [7, 11) is 0. The van der Waals surface area contributed by atoms with Crippen LogP contribution in [0.1, 0.15) is 6.92 Å². The highest BCUT2D eigenvalue weighted by molar-refractivity contribution is 6.29. The van der Waals surface area contributed by atoms with Gasteiger partial charge in [-0.15, -0.1) is 0 Å². The van der Waals surface area contributed by atoms with Crippen LogP contribution in [-0.4, -0.2) is 50.3 Å². The first-order chi connectivity index (χ1) is 12.2. The summed E-state index contributed by atoms with van der Waals surface area (Å²) < 4.78 is 3.28. The van der Waals surface area contributed by atoms with Crippen LogP contribution in [0.25, 0.3) is 16.9 Å². The number of rotatable bonds is 3. The molecule has 3 aromatic rings. The fourth-order valence-corrected chi connectivity index (χ4v) is 3.41. The topological polar surface area (TPSA) is 80.9 Å². The summed E-state index contributed by atoms with van der Waals surface area (Å²) in [5.41, 5.74) is 1.83. The van der Waals surface area contributed by atoms with Gasteiger partial charge < -0.3 is 10.2 Å². The van der Waals surface area contributed by atoms with E-state index >= 15 is 0 Å². The van der Waals surface area contributed by atoms with E-state index in [-0.39, 0.29) is 5.69 Å². The number of aromatic nitrogens is 5. The van der Waals surface area contributed by atoms with Crippen LogP contribution in [0.3, 0.4) is 0 Å². The van der Waals surface area contributed by atoms with E-state index in [1.54, 1.807) is 27.5 Å². The maximum atomic E-state index is 13.0. The summed E-state index contributed by atoms with van der Waals surface area (Å²) in [6.07, 6.45) is 3.09. The van der Waals surface area contributed by atoms with Crippen molar-refractivity contribution in [2.75, 3.05) is 31.1 Å². The van der Waals surface area contributed by atoms with Crippen molar-refractivity contribution in [2.45, 2.75) is 13.5 Å². The van der Waals surface area contributed by atoms with Crippen LogP contribution >= 0.6 is 11.6 Å². The number of hydrogen-bond donors (Lipinski definition) is 1. The summed E-state index contributed by atoms with van der Waals surface area (Å²) in [6.45, 7) is 5.95. The number of fused-ring (bicyclic) bond motifs is 1. The molecule has 4 rings (SSSR count). The second-order valence-corrected chi connectivity index (χ2v) is 6.19. The Hall–Kier alpha value is -2.45. The van der Waals surface area contributed by atoms with Gasteiger partial charge >= 0.3 is 5.69 Å². The molecule has 0 atom stereocenters. The Morgan fingerprint density at radius 3 is 2.76 bits per heavy atom. The van der Waals surface area contributed by atoms with Crippen LogP contribution in [0, 0.1) is 0 Å². The monoisotopic (exact) mass is 359 g/mol. The van der Waals surface area contributed by atoms with Gasteiger partial charge in [-0.1, -0.05) is 11.6 Å². The number of nitrogens with one attached hydrogen (secondary N) is 1. The Labute approximate surface area is 149 Å². The Kier molecular flexibility index (Phi) is 4.14. The van der Waals surface area contributed by atoms with E-state index in [0.717, 1.165) is 37.5 Å². The lowest BCUT2D eigenvalue weighted by Crippen LogP contribution is -2.44. The maximum absolute atomic E-state index is 13.0. The number of nitrogens with zero attached hydrogens (tertiary/aromatic N) is 6. The Balaban J connectivity index is 2.00. The molecular weight excluding hydrogens is 342 g/mol. The van der Waals surface area contributed by atoms with E-state index in [2.05, 4.69) is 25.2 Å². The molecule has 3 aromatic heterocycles. The highest BCUT2D eigenvalue weighted by Crippen LogP contribution is 2.25. The van der Waals surface area contributed by atoms with E-state index in [1.807, 2.05) is 6.92 Å². The zero-order chi connectivity index (χ0) is 17.4. The average Bonchev–Trinajstić information content (AvgIpc) is 2.93.